The van der Waals surface area contributed by atoms with Crippen molar-refractivity contribution in [1.29, 1.82) is 0 Å². The molecule has 0 aromatic heterocycles. The Labute approximate surface area is 157 Å². The molecule has 1 heterocycles. The van der Waals surface area contributed by atoms with Crippen LogP contribution in [-0.4, -0.2) is 38.7 Å². The highest BCUT2D eigenvalue weighted by molar-refractivity contribution is 7.89. The number of rotatable bonds is 8. The first-order chi connectivity index (χ1) is 12.9. The summed E-state index contributed by atoms with van der Waals surface area (Å²) in [5.74, 6) is 0.294. The zero-order chi connectivity index (χ0) is 19.3. The van der Waals surface area contributed by atoms with Crippen LogP contribution in [0.4, 0.5) is 4.79 Å². The van der Waals surface area contributed by atoms with Gasteiger partial charge >= 0.3 is 6.03 Å². The molecule has 0 saturated carbocycles. The van der Waals surface area contributed by atoms with Crippen LogP contribution in [0.2, 0.25) is 0 Å². The van der Waals surface area contributed by atoms with Gasteiger partial charge in [0.1, 0.15) is 17.5 Å². The maximum absolute atomic E-state index is 12.0. The van der Waals surface area contributed by atoms with E-state index in [9.17, 15) is 18.0 Å². The zero-order valence-electron chi connectivity index (χ0n) is 14.3. The number of amides is 3. The summed E-state index contributed by atoms with van der Waals surface area (Å²) >= 11 is 0. The van der Waals surface area contributed by atoms with Crippen LogP contribution >= 0.6 is 0 Å². The SMILES string of the molecule is O=C1NC(=O)[C@@H](CS(=O)(=O)NCCc2ccc(Oc3ccccc3)cc2)N1. The predicted molar refractivity (Wildman–Crippen MR) is 98.9 cm³/mol. The molecule has 3 rings (SSSR count). The summed E-state index contributed by atoms with van der Waals surface area (Å²) < 4.78 is 32.2. The van der Waals surface area contributed by atoms with Crippen LogP contribution in [0.15, 0.2) is 54.6 Å². The Kier molecular flexibility index (Phi) is 5.72. The quantitative estimate of drug-likeness (QED) is 0.586. The Morgan fingerprint density at radius 2 is 1.63 bits per heavy atom. The van der Waals surface area contributed by atoms with Crippen LogP contribution in [0.1, 0.15) is 5.56 Å². The number of para-hydroxylation sites is 1. The van der Waals surface area contributed by atoms with Gasteiger partial charge in [-0.1, -0.05) is 30.3 Å². The molecule has 0 bridgehead atoms. The molecule has 142 valence electrons. The van der Waals surface area contributed by atoms with Crippen molar-refractivity contribution in [3.05, 3.63) is 60.2 Å². The van der Waals surface area contributed by atoms with Gasteiger partial charge in [-0.15, -0.1) is 0 Å². The third kappa shape index (κ3) is 5.53. The standard InChI is InChI=1S/C18H19N3O5S/c22-17-16(20-18(23)21-17)12-27(24,25)19-11-10-13-6-8-15(9-7-13)26-14-4-2-1-3-5-14/h1-9,16,19H,10-12H2,(H2,20,21,22,23)/t16-/m1/s1. The molecule has 0 spiro atoms. The molecule has 0 radical (unpaired) electrons. The van der Waals surface area contributed by atoms with Crippen molar-refractivity contribution in [3.63, 3.8) is 0 Å². The van der Waals surface area contributed by atoms with Crippen molar-refractivity contribution >= 4 is 22.0 Å². The van der Waals surface area contributed by atoms with E-state index in [2.05, 4.69) is 10.0 Å². The fourth-order valence-corrected chi connectivity index (χ4v) is 3.76. The van der Waals surface area contributed by atoms with Gasteiger partial charge in [-0.3, -0.25) is 10.1 Å². The summed E-state index contributed by atoms with van der Waals surface area (Å²) in [6.45, 7) is 0.184. The second-order valence-corrected chi connectivity index (χ2v) is 7.85. The van der Waals surface area contributed by atoms with Crippen molar-refractivity contribution in [2.24, 2.45) is 0 Å². The molecule has 0 unspecified atom stereocenters. The molecule has 9 heteroatoms. The second-order valence-electron chi connectivity index (χ2n) is 6.00. The highest BCUT2D eigenvalue weighted by atomic mass is 32.2. The van der Waals surface area contributed by atoms with E-state index >= 15 is 0 Å². The first-order valence-corrected chi connectivity index (χ1v) is 9.97. The van der Waals surface area contributed by atoms with E-state index in [4.69, 9.17) is 4.74 Å². The van der Waals surface area contributed by atoms with E-state index in [1.807, 2.05) is 59.9 Å². The fraction of sp³-hybridized carbons (Fsp3) is 0.222. The predicted octanol–water partition coefficient (Wildman–Crippen LogP) is 1.15. The average Bonchev–Trinajstić information content (AvgIpc) is 2.93. The molecule has 2 aromatic rings. The van der Waals surface area contributed by atoms with Gasteiger partial charge < -0.3 is 10.1 Å². The van der Waals surface area contributed by atoms with Crippen LogP contribution in [-0.2, 0) is 21.2 Å². The van der Waals surface area contributed by atoms with E-state index in [0.29, 0.717) is 12.2 Å². The first kappa shape index (κ1) is 18.9. The fourth-order valence-electron chi connectivity index (χ4n) is 2.55. The largest absolute Gasteiger partial charge is 0.457 e. The Hall–Kier alpha value is -2.91. The third-order valence-corrected chi connectivity index (χ3v) is 5.30. The molecular formula is C18H19N3O5S. The number of carbonyl (C=O) groups is 2. The molecule has 1 fully saturated rings. The minimum Gasteiger partial charge on any atom is -0.457 e. The number of ether oxygens (including phenoxy) is 1. The normalized spacial score (nSPS) is 16.7. The van der Waals surface area contributed by atoms with Crippen LogP contribution in [0, 0.1) is 0 Å². The number of hydrogen-bond donors (Lipinski definition) is 3. The summed E-state index contributed by atoms with van der Waals surface area (Å²) in [4.78, 5) is 22.4. The molecular weight excluding hydrogens is 370 g/mol. The van der Waals surface area contributed by atoms with E-state index in [0.717, 1.165) is 11.3 Å². The molecule has 1 aliphatic rings. The Morgan fingerprint density at radius 3 is 2.26 bits per heavy atom. The number of urea groups is 1. The minimum absolute atomic E-state index is 0.184. The number of nitrogens with one attached hydrogen (secondary N) is 3. The summed E-state index contributed by atoms with van der Waals surface area (Å²) in [5, 5.41) is 4.26. The van der Waals surface area contributed by atoms with Gasteiger partial charge in [0, 0.05) is 6.54 Å². The summed E-state index contributed by atoms with van der Waals surface area (Å²) in [5.41, 5.74) is 0.935. The number of imide groups is 1. The van der Waals surface area contributed by atoms with Gasteiger partial charge in [-0.05, 0) is 36.2 Å². The van der Waals surface area contributed by atoms with Crippen LogP contribution in [0.25, 0.3) is 0 Å². The Morgan fingerprint density at radius 1 is 0.963 bits per heavy atom. The third-order valence-electron chi connectivity index (χ3n) is 3.88. The minimum atomic E-state index is -3.69. The van der Waals surface area contributed by atoms with Crippen molar-refractivity contribution in [1.82, 2.24) is 15.4 Å². The molecule has 0 aliphatic carbocycles. The monoisotopic (exact) mass is 389 g/mol. The van der Waals surface area contributed by atoms with Gasteiger partial charge in [-0.2, -0.15) is 0 Å². The molecule has 1 atom stereocenters. The smallest absolute Gasteiger partial charge is 0.322 e. The van der Waals surface area contributed by atoms with Crippen molar-refractivity contribution in [3.8, 4) is 11.5 Å². The Balaban J connectivity index is 1.47. The lowest BCUT2D eigenvalue weighted by Crippen LogP contribution is -2.41. The molecule has 1 saturated heterocycles. The molecule has 2 aromatic carbocycles. The van der Waals surface area contributed by atoms with Crippen LogP contribution in [0.5, 0.6) is 11.5 Å². The number of carbonyl (C=O) groups excluding carboxylic acids is 2. The van der Waals surface area contributed by atoms with Crippen LogP contribution in [0.3, 0.4) is 0 Å². The van der Waals surface area contributed by atoms with Gasteiger partial charge in [0.2, 0.25) is 10.0 Å². The summed E-state index contributed by atoms with van der Waals surface area (Å²) in [6.07, 6.45) is 0.480. The number of benzene rings is 2. The van der Waals surface area contributed by atoms with Gasteiger partial charge in [0.05, 0.1) is 5.75 Å². The topological polar surface area (TPSA) is 114 Å². The molecule has 3 N–H and O–H groups in total. The Bertz CT molecular complexity index is 914. The average molecular weight is 389 g/mol. The maximum atomic E-state index is 12.0. The molecule has 8 nitrogen and oxygen atoms in total. The van der Waals surface area contributed by atoms with Gasteiger partial charge in [0.25, 0.3) is 5.91 Å². The van der Waals surface area contributed by atoms with E-state index in [-0.39, 0.29) is 6.54 Å². The lowest BCUT2D eigenvalue weighted by molar-refractivity contribution is -0.119. The molecule has 3 amide bonds. The number of sulfonamides is 1. The first-order valence-electron chi connectivity index (χ1n) is 8.32. The lowest BCUT2D eigenvalue weighted by atomic mass is 10.1. The summed E-state index contributed by atoms with van der Waals surface area (Å²) in [6, 6.07) is 15.0. The van der Waals surface area contributed by atoms with Gasteiger partial charge in [0.15, 0.2) is 0 Å². The van der Waals surface area contributed by atoms with Gasteiger partial charge in [-0.25, -0.2) is 17.9 Å². The van der Waals surface area contributed by atoms with Crippen molar-refractivity contribution < 1.29 is 22.7 Å². The highest BCUT2D eigenvalue weighted by Gasteiger charge is 2.33. The van der Waals surface area contributed by atoms with E-state index < -0.39 is 33.8 Å². The maximum Gasteiger partial charge on any atom is 0.322 e. The zero-order valence-corrected chi connectivity index (χ0v) is 15.2. The van der Waals surface area contributed by atoms with Crippen molar-refractivity contribution in [2.45, 2.75) is 12.5 Å². The summed E-state index contributed by atoms with van der Waals surface area (Å²) in [7, 11) is -3.69. The van der Waals surface area contributed by atoms with Crippen molar-refractivity contribution in [2.75, 3.05) is 12.3 Å². The number of hydrogen-bond acceptors (Lipinski definition) is 5. The molecule has 27 heavy (non-hydrogen) atoms. The molecule has 1 aliphatic heterocycles. The van der Waals surface area contributed by atoms with E-state index in [1.54, 1.807) is 0 Å². The van der Waals surface area contributed by atoms with Crippen LogP contribution < -0.4 is 20.1 Å². The highest BCUT2D eigenvalue weighted by Crippen LogP contribution is 2.21. The lowest BCUT2D eigenvalue weighted by Gasteiger charge is -2.10. The van der Waals surface area contributed by atoms with E-state index in [1.165, 1.54) is 0 Å². The second kappa shape index (κ2) is 8.19.